The Morgan fingerprint density at radius 2 is 2.11 bits per heavy atom. The molecule has 0 bridgehead atoms. The Hall–Kier alpha value is -2.31. The summed E-state index contributed by atoms with van der Waals surface area (Å²) in [6, 6.07) is 2.63. The first-order chi connectivity index (χ1) is 8.43. The van der Waals surface area contributed by atoms with Gasteiger partial charge in [0.25, 0.3) is 5.91 Å². The van der Waals surface area contributed by atoms with Crippen molar-refractivity contribution in [2.45, 2.75) is 5.92 Å². The Labute approximate surface area is 98.8 Å². The molecule has 18 heavy (non-hydrogen) atoms. The lowest BCUT2D eigenvalue weighted by Gasteiger charge is -2.10. The first-order valence-corrected chi connectivity index (χ1v) is 4.99. The van der Waals surface area contributed by atoms with Crippen LogP contribution in [-0.4, -0.2) is 15.7 Å². The molecule has 0 atom stereocenters. The van der Waals surface area contributed by atoms with Crippen LogP contribution in [0.15, 0.2) is 24.4 Å². The van der Waals surface area contributed by atoms with Crippen molar-refractivity contribution in [1.29, 1.82) is 0 Å². The minimum absolute atomic E-state index is 0.158. The highest BCUT2D eigenvalue weighted by Crippen LogP contribution is 2.46. The van der Waals surface area contributed by atoms with Crippen LogP contribution in [0.25, 0.3) is 5.69 Å². The first-order valence-electron chi connectivity index (χ1n) is 4.99. The van der Waals surface area contributed by atoms with Crippen molar-refractivity contribution in [3.63, 3.8) is 0 Å². The van der Waals surface area contributed by atoms with Crippen LogP contribution >= 0.6 is 0 Å². The van der Waals surface area contributed by atoms with Gasteiger partial charge in [-0.25, -0.2) is 9.07 Å². The van der Waals surface area contributed by atoms with Crippen LogP contribution in [0.2, 0.25) is 0 Å². The SMILES string of the molecule is NC(=O)c1cc(F)cc2c1-n1nccc1C2(F)F. The fraction of sp³-hybridized carbons (Fsp3) is 0.0909. The number of fused-ring (bicyclic) bond motifs is 3. The van der Waals surface area contributed by atoms with E-state index in [4.69, 9.17) is 5.73 Å². The summed E-state index contributed by atoms with van der Waals surface area (Å²) in [7, 11) is 0. The van der Waals surface area contributed by atoms with Gasteiger partial charge in [-0.05, 0) is 18.2 Å². The molecule has 0 radical (unpaired) electrons. The number of nitrogens with two attached hydrogens (primary N) is 1. The Balaban J connectivity index is 2.44. The number of hydrogen-bond donors (Lipinski definition) is 1. The summed E-state index contributed by atoms with van der Waals surface area (Å²) in [5, 5.41) is 3.71. The van der Waals surface area contributed by atoms with Crippen molar-refractivity contribution in [2.75, 3.05) is 0 Å². The van der Waals surface area contributed by atoms with Crippen molar-refractivity contribution < 1.29 is 18.0 Å². The molecule has 4 nitrogen and oxygen atoms in total. The molecule has 1 aromatic heterocycles. The number of carbonyl (C=O) groups excluding carboxylic acids is 1. The molecular weight excluding hydrogens is 247 g/mol. The van der Waals surface area contributed by atoms with Gasteiger partial charge in [0.1, 0.15) is 11.5 Å². The summed E-state index contributed by atoms with van der Waals surface area (Å²) < 4.78 is 42.2. The number of carbonyl (C=O) groups is 1. The van der Waals surface area contributed by atoms with E-state index in [2.05, 4.69) is 5.10 Å². The molecule has 1 aliphatic rings. The monoisotopic (exact) mass is 253 g/mol. The summed E-state index contributed by atoms with van der Waals surface area (Å²) in [6.07, 6.45) is 1.18. The maximum absolute atomic E-state index is 14.0. The number of hydrogen-bond acceptors (Lipinski definition) is 2. The second-order valence-corrected chi connectivity index (χ2v) is 3.92. The van der Waals surface area contributed by atoms with Gasteiger partial charge in [0, 0.05) is 6.20 Å². The number of aromatic nitrogens is 2. The summed E-state index contributed by atoms with van der Waals surface area (Å²) in [5.74, 6) is -5.31. The zero-order chi connectivity index (χ0) is 13.1. The van der Waals surface area contributed by atoms with Crippen molar-refractivity contribution >= 4 is 5.91 Å². The van der Waals surface area contributed by atoms with E-state index in [0.717, 1.165) is 16.8 Å². The van der Waals surface area contributed by atoms with E-state index in [1.807, 2.05) is 0 Å². The molecule has 2 aromatic rings. The highest BCUT2D eigenvalue weighted by atomic mass is 19.3. The number of rotatable bonds is 1. The number of alkyl halides is 2. The van der Waals surface area contributed by atoms with Gasteiger partial charge < -0.3 is 5.73 Å². The van der Waals surface area contributed by atoms with E-state index in [1.165, 1.54) is 6.20 Å². The topological polar surface area (TPSA) is 60.9 Å². The van der Waals surface area contributed by atoms with Crippen molar-refractivity contribution in [3.05, 3.63) is 47.0 Å². The van der Waals surface area contributed by atoms with Crippen molar-refractivity contribution in [1.82, 2.24) is 9.78 Å². The third-order valence-corrected chi connectivity index (χ3v) is 2.85. The Bertz CT molecular complexity index is 678. The molecule has 1 aromatic carbocycles. The van der Waals surface area contributed by atoms with Gasteiger partial charge >= 0.3 is 5.92 Å². The van der Waals surface area contributed by atoms with Crippen LogP contribution in [0.3, 0.4) is 0 Å². The zero-order valence-corrected chi connectivity index (χ0v) is 8.82. The largest absolute Gasteiger partial charge is 0.366 e. The molecule has 0 fully saturated rings. The second-order valence-electron chi connectivity index (χ2n) is 3.92. The van der Waals surface area contributed by atoms with E-state index in [-0.39, 0.29) is 11.3 Å². The van der Waals surface area contributed by atoms with E-state index in [0.29, 0.717) is 6.07 Å². The van der Waals surface area contributed by atoms with Gasteiger partial charge in [-0.3, -0.25) is 4.79 Å². The zero-order valence-electron chi connectivity index (χ0n) is 8.82. The average molecular weight is 253 g/mol. The molecular formula is C11H6F3N3O. The van der Waals surface area contributed by atoms with Crippen molar-refractivity contribution in [3.8, 4) is 5.69 Å². The molecule has 1 aliphatic heterocycles. The highest BCUT2D eigenvalue weighted by Gasteiger charge is 2.47. The minimum atomic E-state index is -3.39. The number of halogens is 3. The summed E-state index contributed by atoms with van der Waals surface area (Å²) in [4.78, 5) is 11.2. The molecule has 1 amide bonds. The van der Waals surface area contributed by atoms with Crippen LogP contribution in [0.1, 0.15) is 21.6 Å². The minimum Gasteiger partial charge on any atom is -0.366 e. The highest BCUT2D eigenvalue weighted by molar-refractivity contribution is 5.97. The smallest absolute Gasteiger partial charge is 0.317 e. The Morgan fingerprint density at radius 3 is 2.78 bits per heavy atom. The molecule has 0 spiro atoms. The number of amides is 1. The number of primary amides is 1. The molecule has 3 rings (SSSR count). The quantitative estimate of drug-likeness (QED) is 0.838. The van der Waals surface area contributed by atoms with Crippen LogP contribution < -0.4 is 5.73 Å². The molecule has 0 unspecified atom stereocenters. The molecule has 2 N–H and O–H groups in total. The van der Waals surface area contributed by atoms with Gasteiger partial charge in [-0.15, -0.1) is 0 Å². The molecule has 0 saturated carbocycles. The van der Waals surface area contributed by atoms with Gasteiger partial charge in [-0.2, -0.15) is 13.9 Å². The fourth-order valence-electron chi connectivity index (χ4n) is 2.11. The van der Waals surface area contributed by atoms with Crippen LogP contribution in [0.4, 0.5) is 13.2 Å². The average Bonchev–Trinajstić information content (AvgIpc) is 2.82. The summed E-state index contributed by atoms with van der Waals surface area (Å²) >= 11 is 0. The van der Waals surface area contributed by atoms with Gasteiger partial charge in [-0.1, -0.05) is 0 Å². The van der Waals surface area contributed by atoms with E-state index in [9.17, 15) is 18.0 Å². The standard InChI is InChI=1S/C11H6F3N3O/c12-5-3-6(10(15)18)9-7(4-5)11(13,14)8-1-2-16-17(8)9/h1-4H,(H2,15,18). The molecule has 0 saturated heterocycles. The number of benzene rings is 1. The van der Waals surface area contributed by atoms with Crippen LogP contribution in [0, 0.1) is 5.82 Å². The van der Waals surface area contributed by atoms with Gasteiger partial charge in [0.15, 0.2) is 0 Å². The number of nitrogens with zero attached hydrogens (tertiary/aromatic N) is 2. The fourth-order valence-corrected chi connectivity index (χ4v) is 2.11. The van der Waals surface area contributed by atoms with Crippen molar-refractivity contribution in [2.24, 2.45) is 5.73 Å². The maximum atomic E-state index is 14.0. The maximum Gasteiger partial charge on any atom is 0.317 e. The third-order valence-electron chi connectivity index (χ3n) is 2.85. The molecule has 0 aliphatic carbocycles. The lowest BCUT2D eigenvalue weighted by atomic mass is 10.0. The van der Waals surface area contributed by atoms with Crippen LogP contribution in [0.5, 0.6) is 0 Å². The van der Waals surface area contributed by atoms with Gasteiger partial charge in [0.2, 0.25) is 0 Å². The molecule has 92 valence electrons. The Morgan fingerprint density at radius 1 is 1.39 bits per heavy atom. The normalized spacial score (nSPS) is 15.3. The van der Waals surface area contributed by atoms with Crippen LogP contribution in [-0.2, 0) is 5.92 Å². The predicted octanol–water partition coefficient (Wildman–Crippen LogP) is 1.56. The lowest BCUT2D eigenvalue weighted by Crippen LogP contribution is -2.16. The molecule has 7 heteroatoms. The summed E-state index contributed by atoms with van der Waals surface area (Å²) in [6.45, 7) is 0. The second kappa shape index (κ2) is 3.12. The lowest BCUT2D eigenvalue weighted by molar-refractivity contribution is 0.0437. The Kier molecular flexibility index (Phi) is 1.88. The van der Waals surface area contributed by atoms with E-state index in [1.54, 1.807) is 0 Å². The summed E-state index contributed by atoms with van der Waals surface area (Å²) in [5.41, 5.74) is 3.60. The predicted molar refractivity (Wildman–Crippen MR) is 55.0 cm³/mol. The first kappa shape index (κ1) is 10.8. The third kappa shape index (κ3) is 1.15. The van der Waals surface area contributed by atoms with Gasteiger partial charge in [0.05, 0.1) is 16.8 Å². The molecule has 2 heterocycles. The van der Waals surface area contributed by atoms with E-state index >= 15 is 0 Å². The van der Waals surface area contributed by atoms with E-state index < -0.39 is 28.9 Å².